The van der Waals surface area contributed by atoms with Crippen molar-refractivity contribution in [2.45, 2.75) is 13.5 Å². The van der Waals surface area contributed by atoms with E-state index in [1.807, 2.05) is 6.07 Å². The van der Waals surface area contributed by atoms with E-state index in [4.69, 9.17) is 14.2 Å². The number of esters is 2. The molecular weight excluding hydrogens is 422 g/mol. The molecule has 142 valence electrons. The standard InChI is InChI=1S/C18H16BrNO7/c1-2-25-18(22)14-8-13(19)9-15(20(23)24)17(14)27-11-16(21)26-10-12-6-4-3-5-7-12/h3-9H,2,10-11H2,1H3. The van der Waals surface area contributed by atoms with Gasteiger partial charge in [0.25, 0.3) is 0 Å². The summed E-state index contributed by atoms with van der Waals surface area (Å²) < 4.78 is 15.5. The Morgan fingerprint density at radius 3 is 2.48 bits per heavy atom. The number of benzene rings is 2. The third-order valence-electron chi connectivity index (χ3n) is 3.30. The largest absolute Gasteiger partial charge is 0.474 e. The second-order valence-electron chi connectivity index (χ2n) is 5.21. The molecule has 0 aliphatic carbocycles. The first kappa shape index (κ1) is 20.4. The number of ether oxygens (including phenoxy) is 3. The molecule has 0 N–H and O–H groups in total. The zero-order chi connectivity index (χ0) is 19.8. The minimum atomic E-state index is -0.797. The predicted molar refractivity (Wildman–Crippen MR) is 98.5 cm³/mol. The van der Waals surface area contributed by atoms with Crippen molar-refractivity contribution in [3.8, 4) is 5.75 Å². The molecule has 9 heteroatoms. The van der Waals surface area contributed by atoms with Gasteiger partial charge in [0.1, 0.15) is 12.2 Å². The van der Waals surface area contributed by atoms with Gasteiger partial charge in [-0.1, -0.05) is 46.3 Å². The van der Waals surface area contributed by atoms with E-state index in [1.54, 1.807) is 31.2 Å². The van der Waals surface area contributed by atoms with Gasteiger partial charge in [0, 0.05) is 10.5 Å². The first-order valence-corrected chi connectivity index (χ1v) is 8.69. The van der Waals surface area contributed by atoms with E-state index in [-0.39, 0.29) is 24.5 Å². The maximum absolute atomic E-state index is 12.1. The second kappa shape index (κ2) is 9.67. The van der Waals surface area contributed by atoms with Crippen LogP contribution in [0.4, 0.5) is 5.69 Å². The van der Waals surface area contributed by atoms with Gasteiger partial charge in [-0.15, -0.1) is 0 Å². The Labute approximate surface area is 163 Å². The van der Waals surface area contributed by atoms with E-state index < -0.39 is 29.2 Å². The molecule has 8 nitrogen and oxygen atoms in total. The van der Waals surface area contributed by atoms with Crippen LogP contribution in [0.2, 0.25) is 0 Å². The summed E-state index contributed by atoms with van der Waals surface area (Å²) in [6.45, 7) is 1.13. The normalized spacial score (nSPS) is 10.1. The van der Waals surface area contributed by atoms with E-state index in [9.17, 15) is 19.7 Å². The van der Waals surface area contributed by atoms with Crippen molar-refractivity contribution in [2.75, 3.05) is 13.2 Å². The Kier molecular flexibility index (Phi) is 7.30. The molecule has 0 amide bonds. The number of nitro benzene ring substituents is 1. The van der Waals surface area contributed by atoms with E-state index in [1.165, 1.54) is 12.1 Å². The van der Waals surface area contributed by atoms with Crippen molar-refractivity contribution in [3.05, 3.63) is 68.2 Å². The quantitative estimate of drug-likeness (QED) is 0.352. The van der Waals surface area contributed by atoms with Crippen LogP contribution < -0.4 is 4.74 Å². The van der Waals surface area contributed by atoms with Crippen LogP contribution in [0.15, 0.2) is 46.9 Å². The fourth-order valence-corrected chi connectivity index (χ4v) is 2.58. The Morgan fingerprint density at radius 1 is 1.15 bits per heavy atom. The van der Waals surface area contributed by atoms with E-state index in [2.05, 4.69) is 15.9 Å². The Bertz CT molecular complexity index is 839. The molecule has 0 fully saturated rings. The van der Waals surface area contributed by atoms with Crippen LogP contribution in [-0.2, 0) is 20.9 Å². The van der Waals surface area contributed by atoms with Crippen molar-refractivity contribution >= 4 is 33.6 Å². The maximum atomic E-state index is 12.1. The summed E-state index contributed by atoms with van der Waals surface area (Å²) in [6, 6.07) is 11.5. The van der Waals surface area contributed by atoms with Crippen molar-refractivity contribution in [2.24, 2.45) is 0 Å². The lowest BCUT2D eigenvalue weighted by Gasteiger charge is -2.12. The van der Waals surface area contributed by atoms with Crippen LogP contribution in [0.1, 0.15) is 22.8 Å². The third kappa shape index (κ3) is 5.78. The van der Waals surface area contributed by atoms with Crippen molar-refractivity contribution < 1.29 is 28.7 Å². The summed E-state index contributed by atoms with van der Waals surface area (Å²) in [5, 5.41) is 11.3. The average molecular weight is 438 g/mol. The zero-order valence-corrected chi connectivity index (χ0v) is 15.9. The van der Waals surface area contributed by atoms with Crippen LogP contribution in [0.3, 0.4) is 0 Å². The maximum Gasteiger partial charge on any atom is 0.344 e. The Balaban J connectivity index is 2.14. The fraction of sp³-hybridized carbons (Fsp3) is 0.222. The van der Waals surface area contributed by atoms with Gasteiger partial charge in [0.15, 0.2) is 6.61 Å². The van der Waals surface area contributed by atoms with Crippen LogP contribution in [0, 0.1) is 10.1 Å². The van der Waals surface area contributed by atoms with Gasteiger partial charge in [0.05, 0.1) is 11.5 Å². The SMILES string of the molecule is CCOC(=O)c1cc(Br)cc([N+](=O)[O-])c1OCC(=O)OCc1ccccc1. The minimum absolute atomic E-state index is 0.0379. The highest BCUT2D eigenvalue weighted by atomic mass is 79.9. The minimum Gasteiger partial charge on any atom is -0.474 e. The first-order valence-electron chi connectivity index (χ1n) is 7.89. The van der Waals surface area contributed by atoms with Crippen LogP contribution in [-0.4, -0.2) is 30.1 Å². The van der Waals surface area contributed by atoms with Crippen LogP contribution in [0.5, 0.6) is 5.75 Å². The van der Waals surface area contributed by atoms with Crippen molar-refractivity contribution in [1.82, 2.24) is 0 Å². The molecule has 0 spiro atoms. The molecule has 0 radical (unpaired) electrons. The summed E-state index contributed by atoms with van der Waals surface area (Å²) in [4.78, 5) is 34.6. The van der Waals surface area contributed by atoms with E-state index in [0.717, 1.165) is 5.56 Å². The molecule has 2 rings (SSSR count). The molecular formula is C18H16BrNO7. The molecule has 2 aromatic rings. The van der Waals surface area contributed by atoms with E-state index >= 15 is 0 Å². The number of rotatable bonds is 8. The lowest BCUT2D eigenvalue weighted by Crippen LogP contribution is -2.17. The van der Waals surface area contributed by atoms with Gasteiger partial charge in [-0.25, -0.2) is 9.59 Å². The smallest absolute Gasteiger partial charge is 0.344 e. The van der Waals surface area contributed by atoms with Gasteiger partial charge < -0.3 is 14.2 Å². The predicted octanol–water partition coefficient (Wildman–Crippen LogP) is 3.66. The fourth-order valence-electron chi connectivity index (χ4n) is 2.14. The number of nitro groups is 1. The number of nitrogens with zero attached hydrogens (tertiary/aromatic N) is 1. The number of carbonyl (C=O) groups is 2. The number of hydrogen-bond donors (Lipinski definition) is 0. The Morgan fingerprint density at radius 2 is 1.85 bits per heavy atom. The van der Waals surface area contributed by atoms with E-state index in [0.29, 0.717) is 4.47 Å². The lowest BCUT2D eigenvalue weighted by atomic mass is 10.1. The van der Waals surface area contributed by atoms with Gasteiger partial charge in [-0.3, -0.25) is 10.1 Å². The number of halogens is 1. The third-order valence-corrected chi connectivity index (χ3v) is 3.76. The molecule has 0 saturated heterocycles. The molecule has 2 aromatic carbocycles. The molecule has 0 unspecified atom stereocenters. The highest BCUT2D eigenvalue weighted by Gasteiger charge is 2.26. The molecule has 27 heavy (non-hydrogen) atoms. The molecule has 0 saturated carbocycles. The first-order chi connectivity index (χ1) is 12.9. The highest BCUT2D eigenvalue weighted by molar-refractivity contribution is 9.10. The van der Waals surface area contributed by atoms with Gasteiger partial charge in [-0.05, 0) is 18.6 Å². The topological polar surface area (TPSA) is 105 Å². The summed E-state index contributed by atoms with van der Waals surface area (Å²) in [7, 11) is 0. The van der Waals surface area contributed by atoms with Gasteiger partial charge in [-0.2, -0.15) is 0 Å². The summed E-state index contributed by atoms with van der Waals surface area (Å²) in [5.74, 6) is -1.88. The summed E-state index contributed by atoms with van der Waals surface area (Å²) in [5.41, 5.74) is 0.157. The lowest BCUT2D eigenvalue weighted by molar-refractivity contribution is -0.385. The van der Waals surface area contributed by atoms with Crippen molar-refractivity contribution in [3.63, 3.8) is 0 Å². The second-order valence-corrected chi connectivity index (χ2v) is 6.13. The average Bonchev–Trinajstić information content (AvgIpc) is 2.65. The summed E-state index contributed by atoms with van der Waals surface area (Å²) in [6.07, 6.45) is 0. The molecule has 0 heterocycles. The van der Waals surface area contributed by atoms with Crippen LogP contribution >= 0.6 is 15.9 Å². The monoisotopic (exact) mass is 437 g/mol. The zero-order valence-electron chi connectivity index (χ0n) is 14.3. The Hall–Kier alpha value is -2.94. The molecule has 0 atom stereocenters. The molecule has 0 aliphatic rings. The molecule has 0 aromatic heterocycles. The number of hydrogen-bond acceptors (Lipinski definition) is 7. The van der Waals surface area contributed by atoms with Gasteiger partial charge >= 0.3 is 17.6 Å². The number of carbonyl (C=O) groups excluding carboxylic acids is 2. The van der Waals surface area contributed by atoms with Crippen LogP contribution in [0.25, 0.3) is 0 Å². The van der Waals surface area contributed by atoms with Crippen molar-refractivity contribution in [1.29, 1.82) is 0 Å². The van der Waals surface area contributed by atoms with Gasteiger partial charge in [0.2, 0.25) is 5.75 Å². The molecule has 0 aliphatic heterocycles. The summed E-state index contributed by atoms with van der Waals surface area (Å²) >= 11 is 3.11. The molecule has 0 bridgehead atoms. The highest BCUT2D eigenvalue weighted by Crippen LogP contribution is 2.35.